The van der Waals surface area contributed by atoms with Crippen molar-refractivity contribution in [2.24, 2.45) is 17.8 Å². The van der Waals surface area contributed by atoms with Crippen molar-refractivity contribution in [1.29, 1.82) is 5.26 Å². The molecular weight excluding hydrogens is 280 g/mol. The van der Waals surface area contributed by atoms with Crippen LogP contribution in [-0.2, 0) is 4.79 Å². The van der Waals surface area contributed by atoms with Gasteiger partial charge in [-0.25, -0.2) is 4.79 Å². The largest absolute Gasteiger partial charge is 0.355 e. The van der Waals surface area contributed by atoms with Gasteiger partial charge < -0.3 is 15.5 Å². The molecule has 0 aromatic heterocycles. The molecule has 1 fully saturated rings. The van der Waals surface area contributed by atoms with Gasteiger partial charge in [-0.3, -0.25) is 4.79 Å². The first-order valence-corrected chi connectivity index (χ1v) is 8.11. The molecular formula is C16H28N4O2. The summed E-state index contributed by atoms with van der Waals surface area (Å²) in [6, 6.07) is 2.06. The van der Waals surface area contributed by atoms with Gasteiger partial charge in [0.2, 0.25) is 5.91 Å². The zero-order chi connectivity index (χ0) is 16.5. The molecule has 0 aromatic carbocycles. The second-order valence-electron chi connectivity index (χ2n) is 6.57. The molecule has 6 nitrogen and oxygen atoms in total. The van der Waals surface area contributed by atoms with Crippen LogP contribution in [-0.4, -0.2) is 43.0 Å². The molecule has 124 valence electrons. The Morgan fingerprint density at radius 1 is 1.27 bits per heavy atom. The summed E-state index contributed by atoms with van der Waals surface area (Å²) in [6.07, 6.45) is 2.32. The summed E-state index contributed by atoms with van der Waals surface area (Å²) >= 11 is 0. The quantitative estimate of drug-likeness (QED) is 0.783. The SMILES string of the molecule is CC(C)CNC(=O)N1CCC[C@@H](CC(=O)NC[C@@H](C)C#N)C1. The Morgan fingerprint density at radius 3 is 2.64 bits per heavy atom. The van der Waals surface area contributed by atoms with Crippen LogP contribution in [0.4, 0.5) is 4.79 Å². The maximum absolute atomic E-state index is 12.1. The highest BCUT2D eigenvalue weighted by molar-refractivity contribution is 5.77. The number of nitriles is 1. The molecule has 6 heteroatoms. The predicted octanol–water partition coefficient (Wildman–Crippen LogP) is 1.73. The van der Waals surface area contributed by atoms with Crippen molar-refractivity contribution in [3.63, 3.8) is 0 Å². The lowest BCUT2D eigenvalue weighted by molar-refractivity contribution is -0.122. The standard InChI is InChI=1S/C16H28N4O2/c1-12(2)9-19-16(22)20-6-4-5-14(11-20)7-15(21)18-10-13(3)8-17/h12-14H,4-7,9-11H2,1-3H3,(H,18,21)(H,19,22)/t13-,14-/m0/s1. The average molecular weight is 308 g/mol. The monoisotopic (exact) mass is 308 g/mol. The Balaban J connectivity index is 2.35. The van der Waals surface area contributed by atoms with E-state index in [1.807, 2.05) is 4.90 Å². The van der Waals surface area contributed by atoms with Gasteiger partial charge in [0.25, 0.3) is 0 Å². The summed E-state index contributed by atoms with van der Waals surface area (Å²) < 4.78 is 0. The molecule has 0 bridgehead atoms. The summed E-state index contributed by atoms with van der Waals surface area (Å²) in [5.41, 5.74) is 0. The van der Waals surface area contributed by atoms with Crippen molar-refractivity contribution in [3.05, 3.63) is 0 Å². The molecule has 1 aliphatic heterocycles. The Labute approximate surface area is 133 Å². The van der Waals surface area contributed by atoms with Crippen molar-refractivity contribution in [3.8, 4) is 6.07 Å². The number of hydrogen-bond donors (Lipinski definition) is 2. The number of nitrogens with zero attached hydrogens (tertiary/aromatic N) is 2. The fourth-order valence-corrected chi connectivity index (χ4v) is 2.47. The van der Waals surface area contributed by atoms with Gasteiger partial charge in [-0.1, -0.05) is 13.8 Å². The smallest absolute Gasteiger partial charge is 0.317 e. The highest BCUT2D eigenvalue weighted by Crippen LogP contribution is 2.19. The van der Waals surface area contributed by atoms with Crippen LogP contribution in [0.25, 0.3) is 0 Å². The number of nitrogens with one attached hydrogen (secondary N) is 2. The second kappa shape index (κ2) is 9.29. The van der Waals surface area contributed by atoms with Crippen molar-refractivity contribution >= 4 is 11.9 Å². The van der Waals surface area contributed by atoms with Crippen LogP contribution in [0.15, 0.2) is 0 Å². The predicted molar refractivity (Wildman–Crippen MR) is 84.9 cm³/mol. The number of piperidine rings is 1. The molecule has 0 unspecified atom stereocenters. The van der Waals surface area contributed by atoms with Crippen LogP contribution in [0, 0.1) is 29.1 Å². The lowest BCUT2D eigenvalue weighted by atomic mass is 9.94. The first-order chi connectivity index (χ1) is 10.4. The Bertz CT molecular complexity index is 417. The van der Waals surface area contributed by atoms with Crippen molar-refractivity contribution in [1.82, 2.24) is 15.5 Å². The van der Waals surface area contributed by atoms with Crippen LogP contribution in [0.3, 0.4) is 0 Å². The molecule has 2 atom stereocenters. The van der Waals surface area contributed by atoms with Gasteiger partial charge in [-0.15, -0.1) is 0 Å². The van der Waals surface area contributed by atoms with E-state index in [-0.39, 0.29) is 23.8 Å². The number of carbonyl (C=O) groups excluding carboxylic acids is 2. The maximum Gasteiger partial charge on any atom is 0.317 e. The number of urea groups is 1. The highest BCUT2D eigenvalue weighted by atomic mass is 16.2. The average Bonchev–Trinajstić information content (AvgIpc) is 2.50. The van der Waals surface area contributed by atoms with E-state index in [0.717, 1.165) is 19.4 Å². The minimum absolute atomic E-state index is 0.0306. The van der Waals surface area contributed by atoms with E-state index in [0.29, 0.717) is 32.0 Å². The molecule has 1 aliphatic rings. The molecule has 2 N–H and O–H groups in total. The number of amides is 3. The van der Waals surface area contributed by atoms with Crippen LogP contribution in [0.5, 0.6) is 0 Å². The third-order valence-corrected chi connectivity index (χ3v) is 3.77. The lowest BCUT2D eigenvalue weighted by Gasteiger charge is -2.32. The second-order valence-corrected chi connectivity index (χ2v) is 6.57. The Morgan fingerprint density at radius 2 is 2.00 bits per heavy atom. The van der Waals surface area contributed by atoms with Gasteiger partial charge in [0.15, 0.2) is 0 Å². The van der Waals surface area contributed by atoms with Crippen molar-refractivity contribution < 1.29 is 9.59 Å². The maximum atomic E-state index is 12.1. The third kappa shape index (κ3) is 6.79. The minimum atomic E-state index is -0.173. The summed E-state index contributed by atoms with van der Waals surface area (Å²) in [4.78, 5) is 25.8. The van der Waals surface area contributed by atoms with Crippen LogP contribution < -0.4 is 10.6 Å². The fourth-order valence-electron chi connectivity index (χ4n) is 2.47. The minimum Gasteiger partial charge on any atom is -0.355 e. The molecule has 0 spiro atoms. The molecule has 0 aliphatic carbocycles. The van der Waals surface area contributed by atoms with Gasteiger partial charge in [0.1, 0.15) is 0 Å². The van der Waals surface area contributed by atoms with Crippen molar-refractivity contribution in [2.45, 2.75) is 40.0 Å². The van der Waals surface area contributed by atoms with E-state index in [2.05, 4.69) is 30.6 Å². The first kappa shape index (κ1) is 18.3. The van der Waals surface area contributed by atoms with E-state index in [1.54, 1.807) is 6.92 Å². The zero-order valence-electron chi connectivity index (χ0n) is 13.9. The zero-order valence-corrected chi connectivity index (χ0v) is 13.9. The lowest BCUT2D eigenvalue weighted by Crippen LogP contribution is -2.47. The van der Waals surface area contributed by atoms with E-state index < -0.39 is 0 Å². The number of carbonyl (C=O) groups is 2. The van der Waals surface area contributed by atoms with Gasteiger partial charge in [0.05, 0.1) is 12.0 Å². The molecule has 0 radical (unpaired) electrons. The van der Waals surface area contributed by atoms with Gasteiger partial charge in [-0.05, 0) is 31.6 Å². The Kier molecular flexibility index (Phi) is 7.72. The molecule has 22 heavy (non-hydrogen) atoms. The number of likely N-dealkylation sites (tertiary alicyclic amines) is 1. The highest BCUT2D eigenvalue weighted by Gasteiger charge is 2.25. The summed E-state index contributed by atoms with van der Waals surface area (Å²) in [5, 5.41) is 14.4. The van der Waals surface area contributed by atoms with Crippen LogP contribution in [0.2, 0.25) is 0 Å². The Hall–Kier alpha value is -1.77. The van der Waals surface area contributed by atoms with Gasteiger partial charge in [-0.2, -0.15) is 5.26 Å². The topological polar surface area (TPSA) is 85.2 Å². The van der Waals surface area contributed by atoms with E-state index >= 15 is 0 Å². The van der Waals surface area contributed by atoms with E-state index in [1.165, 1.54) is 0 Å². The first-order valence-electron chi connectivity index (χ1n) is 8.11. The fraction of sp³-hybridized carbons (Fsp3) is 0.812. The van der Waals surface area contributed by atoms with Crippen molar-refractivity contribution in [2.75, 3.05) is 26.2 Å². The molecule has 1 heterocycles. The molecule has 3 amide bonds. The van der Waals surface area contributed by atoms with Crippen LogP contribution in [0.1, 0.15) is 40.0 Å². The molecule has 0 saturated carbocycles. The molecule has 0 aromatic rings. The normalized spacial score (nSPS) is 19.4. The summed E-state index contributed by atoms with van der Waals surface area (Å²) in [5.74, 6) is 0.429. The van der Waals surface area contributed by atoms with Gasteiger partial charge in [0, 0.05) is 32.6 Å². The summed E-state index contributed by atoms with van der Waals surface area (Å²) in [6.45, 7) is 8.35. The number of hydrogen-bond acceptors (Lipinski definition) is 3. The molecule has 1 saturated heterocycles. The summed E-state index contributed by atoms with van der Waals surface area (Å²) in [7, 11) is 0. The number of rotatable bonds is 6. The molecule has 1 rings (SSSR count). The third-order valence-electron chi connectivity index (χ3n) is 3.77. The van der Waals surface area contributed by atoms with E-state index in [9.17, 15) is 9.59 Å². The van der Waals surface area contributed by atoms with E-state index in [4.69, 9.17) is 5.26 Å². The van der Waals surface area contributed by atoms with Gasteiger partial charge >= 0.3 is 6.03 Å². The van der Waals surface area contributed by atoms with Crippen LogP contribution >= 0.6 is 0 Å².